The van der Waals surface area contributed by atoms with Crippen LogP contribution in [0.3, 0.4) is 0 Å². The van der Waals surface area contributed by atoms with Crippen LogP contribution in [0.2, 0.25) is 0 Å². The van der Waals surface area contributed by atoms with Gasteiger partial charge in [0.15, 0.2) is 28.8 Å². The number of Topliss-reactive ketones (excluding diaryl/α,β-unsaturated/α-hetero) is 2. The van der Waals surface area contributed by atoms with Crippen molar-refractivity contribution >= 4 is 11.6 Å². The van der Waals surface area contributed by atoms with Gasteiger partial charge >= 0.3 is 0 Å². The number of phenolic OH excluding ortho intramolecular Hbond substituents is 1. The van der Waals surface area contributed by atoms with Crippen molar-refractivity contribution in [3.63, 3.8) is 0 Å². The predicted molar refractivity (Wildman–Crippen MR) is 89.9 cm³/mol. The van der Waals surface area contributed by atoms with Crippen molar-refractivity contribution in [1.82, 2.24) is 4.90 Å². The molecule has 4 rings (SSSR count). The number of nitrogens with zero attached hydrogens (tertiary/aromatic N) is 1. The van der Waals surface area contributed by atoms with Gasteiger partial charge in [0.05, 0.1) is 20.3 Å². The molecule has 1 aromatic rings. The number of phenols is 1. The molecule has 25 heavy (non-hydrogen) atoms. The summed E-state index contributed by atoms with van der Waals surface area (Å²) in [5.41, 5.74) is 0.456. The highest BCUT2D eigenvalue weighted by Crippen LogP contribution is 2.57. The number of likely N-dealkylation sites (tertiary alicyclic amines) is 1. The lowest BCUT2D eigenvalue weighted by Gasteiger charge is -2.55. The first-order chi connectivity index (χ1) is 11.9. The smallest absolute Gasteiger partial charge is 0.197 e. The van der Waals surface area contributed by atoms with Gasteiger partial charge in [-0.2, -0.15) is 0 Å². The zero-order valence-electron chi connectivity index (χ0n) is 14.5. The van der Waals surface area contributed by atoms with E-state index in [1.165, 1.54) is 14.2 Å². The first kappa shape index (κ1) is 16.1. The Labute approximate surface area is 146 Å². The summed E-state index contributed by atoms with van der Waals surface area (Å²) in [5.74, 6) is 0.271. The number of rotatable bonds is 2. The molecule has 3 atom stereocenters. The van der Waals surface area contributed by atoms with E-state index in [4.69, 9.17) is 9.47 Å². The molecule has 1 fully saturated rings. The van der Waals surface area contributed by atoms with Gasteiger partial charge in [0.25, 0.3) is 0 Å². The van der Waals surface area contributed by atoms with Crippen LogP contribution >= 0.6 is 0 Å². The molecule has 1 saturated heterocycles. The van der Waals surface area contributed by atoms with Crippen molar-refractivity contribution < 1.29 is 24.2 Å². The molecule has 1 heterocycles. The SMILES string of the molecule is COC1=CC2C3C(=O)c4ccc(OC)c(O)c4C2(CCN3C)CC1=O. The predicted octanol–water partition coefficient (Wildman–Crippen LogP) is 1.66. The molecule has 1 aliphatic heterocycles. The van der Waals surface area contributed by atoms with Crippen molar-refractivity contribution in [2.24, 2.45) is 5.92 Å². The number of carbonyl (C=O) groups is 2. The van der Waals surface area contributed by atoms with E-state index in [-0.39, 0.29) is 35.7 Å². The van der Waals surface area contributed by atoms with Gasteiger partial charge in [0.2, 0.25) is 0 Å². The highest BCUT2D eigenvalue weighted by Gasteiger charge is 2.59. The van der Waals surface area contributed by atoms with Crippen molar-refractivity contribution in [2.75, 3.05) is 27.8 Å². The second-order valence-corrected chi connectivity index (χ2v) is 7.10. The summed E-state index contributed by atoms with van der Waals surface area (Å²) in [5, 5.41) is 10.8. The Bertz CT molecular complexity index is 814. The summed E-state index contributed by atoms with van der Waals surface area (Å²) < 4.78 is 10.5. The maximum Gasteiger partial charge on any atom is 0.197 e. The average molecular weight is 343 g/mol. The normalized spacial score (nSPS) is 31.1. The molecule has 132 valence electrons. The van der Waals surface area contributed by atoms with Gasteiger partial charge in [-0.05, 0) is 38.2 Å². The van der Waals surface area contributed by atoms with E-state index < -0.39 is 5.41 Å². The van der Waals surface area contributed by atoms with Gasteiger partial charge in [0.1, 0.15) is 0 Å². The van der Waals surface area contributed by atoms with Crippen molar-refractivity contribution in [3.05, 3.63) is 35.1 Å². The molecule has 3 aliphatic rings. The van der Waals surface area contributed by atoms with E-state index in [9.17, 15) is 14.7 Å². The Morgan fingerprint density at radius 1 is 1.24 bits per heavy atom. The first-order valence-electron chi connectivity index (χ1n) is 8.38. The van der Waals surface area contributed by atoms with Crippen LogP contribution < -0.4 is 4.74 Å². The zero-order valence-corrected chi connectivity index (χ0v) is 14.5. The number of piperidine rings is 1. The highest BCUT2D eigenvalue weighted by molar-refractivity contribution is 6.06. The number of ether oxygens (including phenoxy) is 2. The summed E-state index contributed by atoms with van der Waals surface area (Å²) in [6.45, 7) is 0.687. The lowest BCUT2D eigenvalue weighted by atomic mass is 9.53. The van der Waals surface area contributed by atoms with Gasteiger partial charge in [0, 0.05) is 28.9 Å². The van der Waals surface area contributed by atoms with Crippen LogP contribution in [0.25, 0.3) is 0 Å². The summed E-state index contributed by atoms with van der Waals surface area (Å²) in [6.07, 6.45) is 2.69. The molecular formula is C19H21NO5. The Morgan fingerprint density at radius 2 is 2.00 bits per heavy atom. The minimum Gasteiger partial charge on any atom is -0.504 e. The number of aromatic hydroxyl groups is 1. The highest BCUT2D eigenvalue weighted by atomic mass is 16.5. The number of carbonyl (C=O) groups excluding carboxylic acids is 2. The molecule has 2 aliphatic carbocycles. The lowest BCUT2D eigenvalue weighted by Crippen LogP contribution is -2.62. The fourth-order valence-corrected chi connectivity index (χ4v) is 4.88. The van der Waals surface area contributed by atoms with Crippen molar-refractivity contribution in [3.8, 4) is 11.5 Å². The Kier molecular flexibility index (Phi) is 3.44. The second kappa shape index (κ2) is 5.33. The maximum absolute atomic E-state index is 13.2. The third-order valence-corrected chi connectivity index (χ3v) is 6.06. The Balaban J connectivity index is 2.03. The number of benzene rings is 1. The van der Waals surface area contributed by atoms with Gasteiger partial charge in [-0.15, -0.1) is 0 Å². The molecule has 0 amide bonds. The third-order valence-electron chi connectivity index (χ3n) is 6.06. The van der Waals surface area contributed by atoms with Crippen LogP contribution in [0.1, 0.15) is 28.8 Å². The average Bonchev–Trinajstić information content (AvgIpc) is 2.60. The zero-order chi connectivity index (χ0) is 17.9. The van der Waals surface area contributed by atoms with Crippen molar-refractivity contribution in [1.29, 1.82) is 0 Å². The molecule has 0 radical (unpaired) electrons. The number of fused-ring (bicyclic) bond motifs is 1. The maximum atomic E-state index is 13.2. The fraction of sp³-hybridized carbons (Fsp3) is 0.474. The largest absolute Gasteiger partial charge is 0.504 e. The Hall–Kier alpha value is -2.34. The van der Waals surface area contributed by atoms with E-state index in [1.807, 2.05) is 11.9 Å². The third kappa shape index (κ3) is 1.94. The standard InChI is InChI=1S/C19H21NO5/c1-20-7-6-19-9-12(21)14(25-3)8-11(19)16(20)17(22)10-4-5-13(24-2)18(23)15(10)19/h4-5,8,11,16,23H,6-7,9H2,1-3H3. The topological polar surface area (TPSA) is 76.1 Å². The fourth-order valence-electron chi connectivity index (χ4n) is 4.88. The number of methoxy groups -OCH3 is 2. The summed E-state index contributed by atoms with van der Waals surface area (Å²) in [4.78, 5) is 27.8. The molecule has 6 nitrogen and oxygen atoms in total. The van der Waals surface area contributed by atoms with Gasteiger partial charge in [-0.3, -0.25) is 14.5 Å². The van der Waals surface area contributed by atoms with E-state index in [0.29, 0.717) is 35.6 Å². The van der Waals surface area contributed by atoms with Crippen LogP contribution in [0, 0.1) is 5.92 Å². The summed E-state index contributed by atoms with van der Waals surface area (Å²) in [6, 6.07) is 2.97. The molecule has 0 spiro atoms. The first-order valence-corrected chi connectivity index (χ1v) is 8.38. The van der Waals surface area contributed by atoms with Crippen LogP contribution in [0.5, 0.6) is 11.5 Å². The second-order valence-electron chi connectivity index (χ2n) is 7.10. The number of hydrogen-bond donors (Lipinski definition) is 1. The number of allylic oxidation sites excluding steroid dienone is 1. The van der Waals surface area contributed by atoms with E-state index >= 15 is 0 Å². The minimum absolute atomic E-state index is 0.0246. The van der Waals surface area contributed by atoms with Gasteiger partial charge in [-0.1, -0.05) is 0 Å². The molecule has 2 bridgehead atoms. The molecule has 1 N–H and O–H groups in total. The number of ketones is 2. The van der Waals surface area contributed by atoms with Crippen LogP contribution in [0.4, 0.5) is 0 Å². The lowest BCUT2D eigenvalue weighted by molar-refractivity contribution is -0.122. The molecule has 0 saturated carbocycles. The number of likely N-dealkylation sites (N-methyl/N-ethyl adjacent to an activating group) is 1. The molecule has 0 aromatic heterocycles. The van der Waals surface area contributed by atoms with Crippen LogP contribution in [-0.4, -0.2) is 55.4 Å². The van der Waals surface area contributed by atoms with Crippen LogP contribution in [0.15, 0.2) is 24.0 Å². The van der Waals surface area contributed by atoms with Crippen molar-refractivity contribution in [2.45, 2.75) is 24.3 Å². The van der Waals surface area contributed by atoms with Gasteiger partial charge < -0.3 is 14.6 Å². The quantitative estimate of drug-likeness (QED) is 0.880. The summed E-state index contributed by atoms with van der Waals surface area (Å²) in [7, 11) is 4.88. The van der Waals surface area contributed by atoms with E-state index in [1.54, 1.807) is 18.2 Å². The minimum atomic E-state index is -0.599. The molecule has 6 heteroatoms. The van der Waals surface area contributed by atoms with E-state index in [0.717, 1.165) is 0 Å². The summed E-state index contributed by atoms with van der Waals surface area (Å²) >= 11 is 0. The van der Waals surface area contributed by atoms with Crippen LogP contribution in [-0.2, 0) is 14.9 Å². The Morgan fingerprint density at radius 3 is 2.68 bits per heavy atom. The molecular weight excluding hydrogens is 322 g/mol. The molecule has 1 aromatic carbocycles. The number of hydrogen-bond acceptors (Lipinski definition) is 6. The molecule has 3 unspecified atom stereocenters. The monoisotopic (exact) mass is 343 g/mol. The van der Waals surface area contributed by atoms with E-state index in [2.05, 4.69) is 0 Å². The van der Waals surface area contributed by atoms with Gasteiger partial charge in [-0.25, -0.2) is 0 Å².